The molecule has 0 aliphatic heterocycles. The van der Waals surface area contributed by atoms with Crippen LogP contribution in [0.5, 0.6) is 0 Å². The van der Waals surface area contributed by atoms with Crippen molar-refractivity contribution in [3.8, 4) is 0 Å². The predicted molar refractivity (Wildman–Crippen MR) is 38.8 cm³/mol. The van der Waals surface area contributed by atoms with E-state index in [0.717, 1.165) is 12.8 Å². The molecular formula is C8H15FO. The van der Waals surface area contributed by atoms with Gasteiger partial charge >= 0.3 is 0 Å². The Morgan fingerprint density at radius 1 is 1.30 bits per heavy atom. The lowest BCUT2D eigenvalue weighted by Gasteiger charge is -2.28. The van der Waals surface area contributed by atoms with Gasteiger partial charge in [-0.3, -0.25) is 0 Å². The molecule has 0 amide bonds. The van der Waals surface area contributed by atoms with Gasteiger partial charge in [-0.2, -0.15) is 0 Å². The summed E-state index contributed by atoms with van der Waals surface area (Å²) in [5.41, 5.74) is -0.993. The molecule has 0 atom stereocenters. The molecule has 0 unspecified atom stereocenters. The van der Waals surface area contributed by atoms with Crippen LogP contribution in [-0.2, 0) is 4.74 Å². The van der Waals surface area contributed by atoms with Crippen molar-refractivity contribution in [1.29, 1.82) is 0 Å². The monoisotopic (exact) mass is 146 g/mol. The number of hydrogen-bond acceptors (Lipinski definition) is 1. The highest BCUT2D eigenvalue weighted by molar-refractivity contribution is 4.82. The Hall–Kier alpha value is -0.110. The van der Waals surface area contributed by atoms with Crippen LogP contribution in [0, 0.1) is 0 Å². The van der Waals surface area contributed by atoms with E-state index in [4.69, 9.17) is 4.74 Å². The van der Waals surface area contributed by atoms with Gasteiger partial charge in [-0.1, -0.05) is 19.3 Å². The van der Waals surface area contributed by atoms with Crippen LogP contribution in [0.3, 0.4) is 0 Å². The quantitative estimate of drug-likeness (QED) is 0.581. The smallest absolute Gasteiger partial charge is 0.134 e. The maximum absolute atomic E-state index is 13.4. The van der Waals surface area contributed by atoms with Gasteiger partial charge in [0.25, 0.3) is 0 Å². The van der Waals surface area contributed by atoms with Gasteiger partial charge < -0.3 is 4.74 Å². The summed E-state index contributed by atoms with van der Waals surface area (Å²) in [7, 11) is 1.57. The van der Waals surface area contributed by atoms with Gasteiger partial charge in [-0.05, 0) is 12.8 Å². The van der Waals surface area contributed by atoms with Crippen LogP contribution < -0.4 is 0 Å². The van der Waals surface area contributed by atoms with Crippen LogP contribution in [-0.4, -0.2) is 19.4 Å². The second kappa shape index (κ2) is 3.33. The van der Waals surface area contributed by atoms with Crippen molar-refractivity contribution < 1.29 is 9.13 Å². The zero-order chi connectivity index (χ0) is 7.45. The molecule has 1 fully saturated rings. The summed E-state index contributed by atoms with van der Waals surface area (Å²) in [5.74, 6) is 0. The Morgan fingerprint density at radius 3 is 2.40 bits per heavy atom. The van der Waals surface area contributed by atoms with Crippen LogP contribution in [0.25, 0.3) is 0 Å². The summed E-state index contributed by atoms with van der Waals surface area (Å²) in [6.07, 6.45) is 4.64. The van der Waals surface area contributed by atoms with Crippen LogP contribution in [0.2, 0.25) is 0 Å². The van der Waals surface area contributed by atoms with Crippen molar-refractivity contribution in [2.45, 2.75) is 37.8 Å². The molecule has 0 radical (unpaired) electrons. The van der Waals surface area contributed by atoms with Crippen LogP contribution in [0.4, 0.5) is 4.39 Å². The highest BCUT2D eigenvalue weighted by Crippen LogP contribution is 2.31. The van der Waals surface area contributed by atoms with E-state index in [1.165, 1.54) is 6.42 Å². The first kappa shape index (κ1) is 7.99. The largest absolute Gasteiger partial charge is 0.381 e. The Kier molecular flexibility index (Phi) is 2.66. The number of methoxy groups -OCH3 is 1. The summed E-state index contributed by atoms with van der Waals surface area (Å²) in [6.45, 7) is 0.285. The molecule has 10 heavy (non-hydrogen) atoms. The topological polar surface area (TPSA) is 9.23 Å². The fourth-order valence-electron chi connectivity index (χ4n) is 1.59. The summed E-state index contributed by atoms with van der Waals surface area (Å²) in [4.78, 5) is 0. The zero-order valence-electron chi connectivity index (χ0n) is 6.53. The second-order valence-corrected chi connectivity index (χ2v) is 3.14. The molecule has 0 aromatic heterocycles. The van der Waals surface area contributed by atoms with Crippen molar-refractivity contribution in [2.75, 3.05) is 13.7 Å². The normalized spacial score (nSPS) is 24.6. The minimum absolute atomic E-state index is 0.285. The fourth-order valence-corrected chi connectivity index (χ4v) is 1.59. The molecule has 1 nitrogen and oxygen atoms in total. The minimum atomic E-state index is -0.993. The molecule has 0 N–H and O–H groups in total. The van der Waals surface area contributed by atoms with E-state index in [-0.39, 0.29) is 6.61 Å². The first-order valence-electron chi connectivity index (χ1n) is 3.95. The number of hydrogen-bond donors (Lipinski definition) is 0. The van der Waals surface area contributed by atoms with Crippen molar-refractivity contribution in [3.05, 3.63) is 0 Å². The zero-order valence-corrected chi connectivity index (χ0v) is 6.53. The van der Waals surface area contributed by atoms with Crippen LogP contribution in [0.15, 0.2) is 0 Å². The second-order valence-electron chi connectivity index (χ2n) is 3.14. The predicted octanol–water partition coefficient (Wildman–Crippen LogP) is 2.31. The van der Waals surface area contributed by atoms with Crippen molar-refractivity contribution in [1.82, 2.24) is 0 Å². The molecule has 1 aliphatic carbocycles. The van der Waals surface area contributed by atoms with Gasteiger partial charge in [0.2, 0.25) is 0 Å². The molecular weight excluding hydrogens is 131 g/mol. The average Bonchev–Trinajstić information content (AvgIpc) is 1.89. The lowest BCUT2D eigenvalue weighted by molar-refractivity contribution is 0.0132. The van der Waals surface area contributed by atoms with Crippen LogP contribution in [0.1, 0.15) is 32.1 Å². The summed E-state index contributed by atoms with van der Waals surface area (Å²) >= 11 is 0. The third-order valence-corrected chi connectivity index (χ3v) is 2.15. The van der Waals surface area contributed by atoms with Gasteiger partial charge in [0, 0.05) is 7.11 Å². The summed E-state index contributed by atoms with van der Waals surface area (Å²) < 4.78 is 18.3. The molecule has 0 spiro atoms. The number of ether oxygens (including phenoxy) is 1. The highest BCUT2D eigenvalue weighted by atomic mass is 19.1. The molecule has 0 aromatic carbocycles. The standard InChI is InChI=1S/C8H15FO/c1-10-7-8(9)5-3-2-4-6-8/h2-7H2,1H3. The van der Waals surface area contributed by atoms with Gasteiger partial charge in [-0.15, -0.1) is 0 Å². The van der Waals surface area contributed by atoms with Gasteiger partial charge in [-0.25, -0.2) is 4.39 Å². The molecule has 0 aromatic rings. The van der Waals surface area contributed by atoms with E-state index in [2.05, 4.69) is 0 Å². The Morgan fingerprint density at radius 2 is 1.90 bits per heavy atom. The maximum atomic E-state index is 13.4. The number of alkyl halides is 1. The molecule has 0 bridgehead atoms. The number of rotatable bonds is 2. The molecule has 2 heteroatoms. The van der Waals surface area contributed by atoms with E-state index >= 15 is 0 Å². The SMILES string of the molecule is COCC1(F)CCCCC1. The lowest BCUT2D eigenvalue weighted by Crippen LogP contribution is -2.31. The third-order valence-electron chi connectivity index (χ3n) is 2.15. The summed E-state index contributed by atoms with van der Waals surface area (Å²) in [5, 5.41) is 0. The van der Waals surface area contributed by atoms with Crippen molar-refractivity contribution in [3.63, 3.8) is 0 Å². The Labute approximate surface area is 61.6 Å². The lowest BCUT2D eigenvalue weighted by atomic mass is 9.87. The molecule has 1 aliphatic rings. The van der Waals surface area contributed by atoms with E-state index in [0.29, 0.717) is 12.8 Å². The molecule has 60 valence electrons. The first-order chi connectivity index (χ1) is 4.77. The molecule has 0 saturated heterocycles. The van der Waals surface area contributed by atoms with Gasteiger partial charge in [0.05, 0.1) is 6.61 Å². The molecule has 1 saturated carbocycles. The summed E-state index contributed by atoms with van der Waals surface area (Å²) in [6, 6.07) is 0. The van der Waals surface area contributed by atoms with Crippen LogP contribution >= 0.6 is 0 Å². The van der Waals surface area contributed by atoms with Gasteiger partial charge in [0.1, 0.15) is 5.67 Å². The fraction of sp³-hybridized carbons (Fsp3) is 1.00. The third kappa shape index (κ3) is 1.94. The van der Waals surface area contributed by atoms with E-state index in [9.17, 15) is 4.39 Å². The van der Waals surface area contributed by atoms with E-state index in [1.54, 1.807) is 7.11 Å². The first-order valence-corrected chi connectivity index (χ1v) is 3.95. The number of halogens is 1. The van der Waals surface area contributed by atoms with Crippen molar-refractivity contribution in [2.24, 2.45) is 0 Å². The molecule has 1 rings (SSSR count). The Bertz CT molecular complexity index is 91.9. The van der Waals surface area contributed by atoms with E-state index in [1.807, 2.05) is 0 Å². The minimum Gasteiger partial charge on any atom is -0.381 e. The molecule has 0 heterocycles. The Balaban J connectivity index is 2.32. The van der Waals surface area contributed by atoms with E-state index < -0.39 is 5.67 Å². The van der Waals surface area contributed by atoms with Crippen molar-refractivity contribution >= 4 is 0 Å². The average molecular weight is 146 g/mol. The van der Waals surface area contributed by atoms with Gasteiger partial charge in [0.15, 0.2) is 0 Å². The highest BCUT2D eigenvalue weighted by Gasteiger charge is 2.31. The maximum Gasteiger partial charge on any atom is 0.134 e.